The lowest BCUT2D eigenvalue weighted by Crippen LogP contribution is -2.42. The molecule has 2 aromatic rings. The number of amides is 2. The third kappa shape index (κ3) is 4.88. The van der Waals surface area contributed by atoms with Gasteiger partial charge in [-0.25, -0.2) is 9.18 Å². The van der Waals surface area contributed by atoms with E-state index in [0.717, 1.165) is 12.8 Å². The number of nitrogens with zero attached hydrogens (tertiary/aromatic N) is 3. The van der Waals surface area contributed by atoms with Crippen LogP contribution in [0.4, 0.5) is 20.7 Å². The summed E-state index contributed by atoms with van der Waals surface area (Å²) >= 11 is 0. The summed E-state index contributed by atoms with van der Waals surface area (Å²) < 4.78 is 19.9. The number of halogens is 1. The number of hydrogen-bond acceptors (Lipinski definition) is 6. The van der Waals surface area contributed by atoms with Crippen molar-refractivity contribution >= 4 is 23.5 Å². The van der Waals surface area contributed by atoms with Crippen molar-refractivity contribution in [1.29, 1.82) is 0 Å². The van der Waals surface area contributed by atoms with Gasteiger partial charge in [-0.3, -0.25) is 9.48 Å². The monoisotopic (exact) mass is 418 g/mol. The first-order valence-electron chi connectivity index (χ1n) is 9.96. The number of hydrogen-bond donors (Lipinski definition) is 3. The minimum atomic E-state index is -0.626. The molecular weight excluding hydrogens is 391 g/mol. The molecule has 0 aliphatic carbocycles. The number of benzene rings is 1. The van der Waals surface area contributed by atoms with Gasteiger partial charge in [0.25, 0.3) is 5.91 Å². The summed E-state index contributed by atoms with van der Waals surface area (Å²) in [6, 6.07) is 5.55. The molecule has 162 valence electrons. The van der Waals surface area contributed by atoms with Gasteiger partial charge >= 0.3 is 6.09 Å². The summed E-state index contributed by atoms with van der Waals surface area (Å²) in [4.78, 5) is 25.5. The zero-order chi connectivity index (χ0) is 21.7. The van der Waals surface area contributed by atoms with Crippen molar-refractivity contribution in [3.63, 3.8) is 0 Å². The summed E-state index contributed by atoms with van der Waals surface area (Å²) in [5, 5.41) is 7.51. The first-order valence-corrected chi connectivity index (χ1v) is 9.96. The van der Waals surface area contributed by atoms with Gasteiger partial charge in [0.05, 0.1) is 12.6 Å². The third-order valence-corrected chi connectivity index (χ3v) is 5.30. The predicted octanol–water partition coefficient (Wildman–Crippen LogP) is 2.23. The Kier molecular flexibility index (Phi) is 6.88. The molecule has 30 heavy (non-hydrogen) atoms. The normalized spacial score (nSPS) is 15.6. The smallest absolute Gasteiger partial charge is 0.409 e. The van der Waals surface area contributed by atoms with E-state index >= 15 is 0 Å². The molecule has 2 amide bonds. The third-order valence-electron chi connectivity index (χ3n) is 5.30. The van der Waals surface area contributed by atoms with Crippen LogP contribution >= 0.6 is 0 Å². The molecule has 0 bridgehead atoms. The number of piperidine rings is 1. The number of nitrogens with two attached hydrogens (primary N) is 2. The molecule has 1 atom stereocenters. The molecule has 1 aromatic heterocycles. The van der Waals surface area contributed by atoms with Crippen LogP contribution in [-0.2, 0) is 4.74 Å². The zero-order valence-electron chi connectivity index (χ0n) is 16.9. The van der Waals surface area contributed by atoms with Crippen LogP contribution in [0.3, 0.4) is 0 Å². The second kappa shape index (κ2) is 9.57. The second-order valence-corrected chi connectivity index (χ2v) is 7.19. The fraction of sp³-hybridized carbons (Fsp3) is 0.450. The van der Waals surface area contributed by atoms with E-state index in [1.165, 1.54) is 12.1 Å². The van der Waals surface area contributed by atoms with Crippen molar-refractivity contribution in [2.45, 2.75) is 25.8 Å². The number of primary amides is 1. The first kappa shape index (κ1) is 21.6. The minimum absolute atomic E-state index is 0.156. The highest BCUT2D eigenvalue weighted by atomic mass is 19.1. The van der Waals surface area contributed by atoms with Crippen LogP contribution in [0.15, 0.2) is 30.5 Å². The van der Waals surface area contributed by atoms with Crippen molar-refractivity contribution in [3.8, 4) is 0 Å². The predicted molar refractivity (Wildman–Crippen MR) is 110 cm³/mol. The number of nitrogens with one attached hydrogen (secondary N) is 1. The molecule has 10 heteroatoms. The molecule has 5 N–H and O–H groups in total. The van der Waals surface area contributed by atoms with Crippen molar-refractivity contribution in [2.24, 2.45) is 17.4 Å². The van der Waals surface area contributed by atoms with Gasteiger partial charge in [-0.1, -0.05) is 0 Å². The number of likely N-dealkylation sites (tertiary alicyclic amines) is 1. The van der Waals surface area contributed by atoms with Crippen LogP contribution in [0.1, 0.15) is 36.2 Å². The number of carbonyl (C=O) groups is 2. The van der Waals surface area contributed by atoms with Crippen LogP contribution in [-0.4, -0.2) is 52.9 Å². The van der Waals surface area contributed by atoms with Gasteiger partial charge in [0, 0.05) is 31.5 Å². The van der Waals surface area contributed by atoms with E-state index in [9.17, 15) is 14.0 Å². The summed E-state index contributed by atoms with van der Waals surface area (Å²) in [5.41, 5.74) is 12.4. The number of ether oxygens (including phenoxy) is 1. The number of anilines is 2. The molecule has 1 aromatic carbocycles. The molecule has 1 fully saturated rings. The quantitative estimate of drug-likeness (QED) is 0.632. The number of carbonyl (C=O) groups excluding carboxylic acids is 2. The van der Waals surface area contributed by atoms with Gasteiger partial charge in [-0.05, 0) is 49.9 Å². The Morgan fingerprint density at radius 1 is 1.30 bits per heavy atom. The second-order valence-electron chi connectivity index (χ2n) is 7.19. The molecule has 1 aliphatic heterocycles. The van der Waals surface area contributed by atoms with E-state index < -0.39 is 5.91 Å². The van der Waals surface area contributed by atoms with Gasteiger partial charge in [0.1, 0.15) is 11.4 Å². The van der Waals surface area contributed by atoms with Crippen molar-refractivity contribution in [2.75, 3.05) is 31.6 Å². The van der Waals surface area contributed by atoms with Crippen LogP contribution in [0.25, 0.3) is 0 Å². The summed E-state index contributed by atoms with van der Waals surface area (Å²) in [5.74, 6) is -0.520. The average molecular weight is 418 g/mol. The van der Waals surface area contributed by atoms with E-state index in [2.05, 4.69) is 10.4 Å². The van der Waals surface area contributed by atoms with Crippen molar-refractivity contribution < 1.29 is 18.7 Å². The maximum atomic E-state index is 13.1. The van der Waals surface area contributed by atoms with Crippen molar-refractivity contribution in [1.82, 2.24) is 14.7 Å². The molecule has 2 heterocycles. The molecular formula is C20H27FN6O3. The lowest BCUT2D eigenvalue weighted by Gasteiger charge is -2.35. The molecule has 9 nitrogen and oxygen atoms in total. The Bertz CT molecular complexity index is 877. The Morgan fingerprint density at radius 3 is 2.53 bits per heavy atom. The molecule has 0 spiro atoms. The van der Waals surface area contributed by atoms with Gasteiger partial charge in [0.15, 0.2) is 5.82 Å². The van der Waals surface area contributed by atoms with Crippen LogP contribution in [0.2, 0.25) is 0 Å². The number of aromatic nitrogens is 2. The van der Waals surface area contributed by atoms with Crippen LogP contribution in [0.5, 0.6) is 0 Å². The Balaban J connectivity index is 1.75. The fourth-order valence-corrected chi connectivity index (χ4v) is 3.70. The molecule has 0 saturated carbocycles. The lowest BCUT2D eigenvalue weighted by molar-refractivity contribution is 0.0843. The van der Waals surface area contributed by atoms with Gasteiger partial charge in [-0.2, -0.15) is 5.10 Å². The van der Waals surface area contributed by atoms with Gasteiger partial charge in [0.2, 0.25) is 0 Å². The Labute approximate surface area is 174 Å². The SMILES string of the molecule is CCOC(=O)N1CCC(C(CN)n2cc(C(N)=O)c(Nc3ccc(F)cc3)n2)CC1. The summed E-state index contributed by atoms with van der Waals surface area (Å²) in [6.07, 6.45) is 2.77. The molecule has 0 radical (unpaired) electrons. The first-order chi connectivity index (χ1) is 14.4. The molecule has 1 saturated heterocycles. The highest BCUT2D eigenvalue weighted by Crippen LogP contribution is 2.30. The van der Waals surface area contributed by atoms with E-state index in [1.54, 1.807) is 34.8 Å². The van der Waals surface area contributed by atoms with Gasteiger partial charge in [-0.15, -0.1) is 0 Å². The molecule has 1 unspecified atom stereocenters. The van der Waals surface area contributed by atoms with E-state index in [4.69, 9.17) is 16.2 Å². The zero-order valence-corrected chi connectivity index (χ0v) is 16.9. The highest BCUT2D eigenvalue weighted by Gasteiger charge is 2.31. The highest BCUT2D eigenvalue weighted by molar-refractivity contribution is 5.98. The maximum Gasteiger partial charge on any atom is 0.409 e. The molecule has 1 aliphatic rings. The summed E-state index contributed by atoms with van der Waals surface area (Å²) in [6.45, 7) is 3.59. The fourth-order valence-electron chi connectivity index (χ4n) is 3.70. The van der Waals surface area contributed by atoms with E-state index in [1.807, 2.05) is 0 Å². The maximum absolute atomic E-state index is 13.1. The minimum Gasteiger partial charge on any atom is -0.450 e. The standard InChI is InChI=1S/C20H27FN6O3/c1-2-30-20(29)26-9-7-13(8-10-26)17(11-22)27-12-16(18(23)28)19(25-27)24-15-5-3-14(21)4-6-15/h3-6,12-13,17H,2,7-11,22H2,1H3,(H2,23,28)(H,24,25). The topological polar surface area (TPSA) is 128 Å². The Hall–Kier alpha value is -3.14. The Morgan fingerprint density at radius 2 is 1.97 bits per heavy atom. The van der Waals surface area contributed by atoms with E-state index in [0.29, 0.717) is 31.9 Å². The lowest BCUT2D eigenvalue weighted by atomic mass is 9.89. The van der Waals surface area contributed by atoms with Gasteiger partial charge < -0.3 is 26.4 Å². The van der Waals surface area contributed by atoms with Crippen molar-refractivity contribution in [3.05, 3.63) is 41.8 Å². The molecule has 3 rings (SSSR count). The largest absolute Gasteiger partial charge is 0.450 e. The van der Waals surface area contributed by atoms with E-state index in [-0.39, 0.29) is 35.3 Å². The van der Waals surface area contributed by atoms with Crippen LogP contribution in [0, 0.1) is 11.7 Å². The summed E-state index contributed by atoms with van der Waals surface area (Å²) in [7, 11) is 0. The van der Waals surface area contributed by atoms with Crippen LogP contribution < -0.4 is 16.8 Å². The number of rotatable bonds is 7. The average Bonchev–Trinajstić information content (AvgIpc) is 3.14.